The number of rotatable bonds is 7. The number of amides is 2. The predicted molar refractivity (Wildman–Crippen MR) is 130 cm³/mol. The summed E-state index contributed by atoms with van der Waals surface area (Å²) in [7, 11) is 0. The number of carbonyl (C=O) groups excluding carboxylic acids is 2. The molecule has 1 aliphatic heterocycles. The maximum absolute atomic E-state index is 13.3. The Balaban J connectivity index is 1.58. The zero-order valence-corrected chi connectivity index (χ0v) is 19.7. The first-order valence-electron chi connectivity index (χ1n) is 11.7. The molecule has 1 atom stereocenters. The highest BCUT2D eigenvalue weighted by Gasteiger charge is 2.46. The van der Waals surface area contributed by atoms with Crippen LogP contribution in [0, 0.1) is 12.3 Å². The summed E-state index contributed by atoms with van der Waals surface area (Å²) in [5.41, 5.74) is 4.41. The van der Waals surface area contributed by atoms with Crippen molar-refractivity contribution in [3.63, 3.8) is 0 Å². The third kappa shape index (κ3) is 4.85. The molecule has 4 rings (SSSR count). The highest BCUT2D eigenvalue weighted by atomic mass is 16.2. The van der Waals surface area contributed by atoms with Gasteiger partial charge in [-0.05, 0) is 56.4 Å². The van der Waals surface area contributed by atoms with E-state index in [9.17, 15) is 9.59 Å². The van der Waals surface area contributed by atoms with Gasteiger partial charge in [-0.25, -0.2) is 0 Å². The lowest BCUT2D eigenvalue weighted by atomic mass is 9.79. The van der Waals surface area contributed by atoms with E-state index in [1.54, 1.807) is 15.6 Å². The third-order valence-electron chi connectivity index (χ3n) is 6.50. The summed E-state index contributed by atoms with van der Waals surface area (Å²) in [6, 6.07) is 18.6. The number of hydrogen-bond acceptors (Lipinski definition) is 3. The third-order valence-corrected chi connectivity index (χ3v) is 6.50. The van der Waals surface area contributed by atoms with Crippen molar-refractivity contribution >= 4 is 11.8 Å². The standard InChI is InChI=1S/C27H32N4O2/c1-4-28-26(33)27(14-16-30(19-27)25(32)24-13-15-31(5-2)29-24)18-21-7-6-8-23(17-21)22-11-9-20(3)10-12-22/h6-13,15,17H,4-5,14,16,18-19H2,1-3H3,(H,28,33). The molecule has 0 aliphatic carbocycles. The number of benzene rings is 2. The van der Waals surface area contributed by atoms with Crippen molar-refractivity contribution in [1.82, 2.24) is 20.0 Å². The lowest BCUT2D eigenvalue weighted by Gasteiger charge is -2.28. The number of likely N-dealkylation sites (tertiary alicyclic amines) is 1. The van der Waals surface area contributed by atoms with E-state index < -0.39 is 5.41 Å². The van der Waals surface area contributed by atoms with Gasteiger partial charge in [0, 0.05) is 32.4 Å². The van der Waals surface area contributed by atoms with Crippen LogP contribution in [0.1, 0.15) is 41.9 Å². The van der Waals surface area contributed by atoms with Crippen LogP contribution >= 0.6 is 0 Å². The molecule has 6 heteroatoms. The minimum absolute atomic E-state index is 0.0140. The Morgan fingerprint density at radius 3 is 2.55 bits per heavy atom. The second kappa shape index (κ2) is 9.61. The van der Waals surface area contributed by atoms with Gasteiger partial charge in [0.25, 0.3) is 5.91 Å². The maximum atomic E-state index is 13.3. The Bertz CT molecular complexity index is 1140. The van der Waals surface area contributed by atoms with Crippen LogP contribution in [0.25, 0.3) is 11.1 Å². The van der Waals surface area contributed by atoms with Crippen LogP contribution in [0.4, 0.5) is 0 Å². The Kier molecular flexibility index (Phi) is 6.63. The molecule has 0 spiro atoms. The lowest BCUT2D eigenvalue weighted by Crippen LogP contribution is -2.45. The van der Waals surface area contributed by atoms with Crippen molar-refractivity contribution in [2.24, 2.45) is 5.41 Å². The van der Waals surface area contributed by atoms with Crippen molar-refractivity contribution in [2.45, 2.75) is 40.2 Å². The molecular formula is C27H32N4O2. The summed E-state index contributed by atoms with van der Waals surface area (Å²) in [5, 5.41) is 7.38. The van der Waals surface area contributed by atoms with Gasteiger partial charge in [-0.15, -0.1) is 0 Å². The van der Waals surface area contributed by atoms with Gasteiger partial charge in [0.05, 0.1) is 5.41 Å². The zero-order chi connectivity index (χ0) is 23.4. The molecular weight excluding hydrogens is 412 g/mol. The molecule has 0 bridgehead atoms. The van der Waals surface area contributed by atoms with Crippen LogP contribution in [0.3, 0.4) is 0 Å². The molecule has 33 heavy (non-hydrogen) atoms. The Morgan fingerprint density at radius 2 is 1.85 bits per heavy atom. The second-order valence-electron chi connectivity index (χ2n) is 8.92. The molecule has 2 amide bonds. The van der Waals surface area contributed by atoms with E-state index in [2.05, 4.69) is 59.8 Å². The molecule has 1 aliphatic rings. The molecule has 172 valence electrons. The summed E-state index contributed by atoms with van der Waals surface area (Å²) >= 11 is 0. The Morgan fingerprint density at radius 1 is 1.06 bits per heavy atom. The van der Waals surface area contributed by atoms with Crippen LogP contribution in [0.5, 0.6) is 0 Å². The first-order chi connectivity index (χ1) is 15.9. The average Bonchev–Trinajstić information content (AvgIpc) is 3.48. The van der Waals surface area contributed by atoms with Gasteiger partial charge in [-0.2, -0.15) is 5.10 Å². The number of nitrogens with zero attached hydrogens (tertiary/aromatic N) is 3. The van der Waals surface area contributed by atoms with Gasteiger partial charge in [-0.3, -0.25) is 14.3 Å². The maximum Gasteiger partial charge on any atom is 0.274 e. The van der Waals surface area contributed by atoms with Crippen LogP contribution in [0.2, 0.25) is 0 Å². The van der Waals surface area contributed by atoms with Crippen molar-refractivity contribution < 1.29 is 9.59 Å². The molecule has 1 saturated heterocycles. The van der Waals surface area contributed by atoms with E-state index in [1.807, 2.05) is 26.1 Å². The van der Waals surface area contributed by atoms with Crippen LogP contribution in [0.15, 0.2) is 60.8 Å². The van der Waals surface area contributed by atoms with E-state index in [4.69, 9.17) is 0 Å². The first kappa shape index (κ1) is 22.8. The minimum Gasteiger partial charge on any atom is -0.356 e. The topological polar surface area (TPSA) is 67.2 Å². The van der Waals surface area contributed by atoms with Gasteiger partial charge in [-0.1, -0.05) is 54.1 Å². The quantitative estimate of drug-likeness (QED) is 0.597. The van der Waals surface area contributed by atoms with E-state index in [0.29, 0.717) is 44.7 Å². The zero-order valence-electron chi connectivity index (χ0n) is 19.7. The Hall–Kier alpha value is -3.41. The molecule has 2 aromatic carbocycles. The van der Waals surface area contributed by atoms with Gasteiger partial charge >= 0.3 is 0 Å². The molecule has 6 nitrogen and oxygen atoms in total. The van der Waals surface area contributed by atoms with Crippen LogP contribution < -0.4 is 5.32 Å². The lowest BCUT2D eigenvalue weighted by molar-refractivity contribution is -0.130. The summed E-state index contributed by atoms with van der Waals surface area (Å²) in [6.07, 6.45) is 3.04. The minimum atomic E-state index is -0.648. The van der Waals surface area contributed by atoms with Gasteiger partial charge < -0.3 is 10.2 Å². The largest absolute Gasteiger partial charge is 0.356 e. The molecule has 2 heterocycles. The van der Waals surface area contributed by atoms with Crippen molar-refractivity contribution in [2.75, 3.05) is 19.6 Å². The molecule has 3 aromatic rings. The van der Waals surface area contributed by atoms with Crippen molar-refractivity contribution in [3.05, 3.63) is 77.6 Å². The number of hydrogen-bond donors (Lipinski definition) is 1. The van der Waals surface area contributed by atoms with Crippen LogP contribution in [-0.2, 0) is 17.8 Å². The summed E-state index contributed by atoms with van der Waals surface area (Å²) in [5.74, 6) is -0.0955. The van der Waals surface area contributed by atoms with Crippen LogP contribution in [-0.4, -0.2) is 46.1 Å². The number of aryl methyl sites for hydroxylation is 2. The molecule has 0 saturated carbocycles. The highest BCUT2D eigenvalue weighted by Crippen LogP contribution is 2.36. The fourth-order valence-electron chi connectivity index (χ4n) is 4.62. The summed E-state index contributed by atoms with van der Waals surface area (Å²) in [4.78, 5) is 28.1. The predicted octanol–water partition coefficient (Wildman–Crippen LogP) is 4.09. The number of aromatic nitrogens is 2. The fourth-order valence-corrected chi connectivity index (χ4v) is 4.62. The monoisotopic (exact) mass is 444 g/mol. The molecule has 1 fully saturated rings. The van der Waals surface area contributed by atoms with E-state index in [1.165, 1.54) is 5.56 Å². The average molecular weight is 445 g/mol. The smallest absolute Gasteiger partial charge is 0.274 e. The molecule has 1 aromatic heterocycles. The number of carbonyl (C=O) groups is 2. The van der Waals surface area contributed by atoms with Crippen molar-refractivity contribution in [3.8, 4) is 11.1 Å². The fraction of sp³-hybridized carbons (Fsp3) is 0.370. The summed E-state index contributed by atoms with van der Waals surface area (Å²) < 4.78 is 1.75. The normalized spacial score (nSPS) is 17.8. The van der Waals surface area contributed by atoms with Gasteiger partial charge in [0.15, 0.2) is 0 Å². The molecule has 1 N–H and O–H groups in total. The SMILES string of the molecule is CCNC(=O)C1(Cc2cccc(-c3ccc(C)cc3)c2)CCN(C(=O)c2ccn(CC)n2)C1. The molecule has 1 unspecified atom stereocenters. The number of nitrogens with one attached hydrogen (secondary N) is 1. The van der Waals surface area contributed by atoms with E-state index in [-0.39, 0.29) is 11.8 Å². The van der Waals surface area contributed by atoms with Crippen molar-refractivity contribution in [1.29, 1.82) is 0 Å². The van der Waals surface area contributed by atoms with E-state index >= 15 is 0 Å². The first-order valence-corrected chi connectivity index (χ1v) is 11.7. The van der Waals surface area contributed by atoms with Gasteiger partial charge in [0.1, 0.15) is 5.69 Å². The van der Waals surface area contributed by atoms with E-state index in [0.717, 1.165) is 16.7 Å². The highest BCUT2D eigenvalue weighted by molar-refractivity contribution is 5.93. The summed E-state index contributed by atoms with van der Waals surface area (Å²) in [6.45, 7) is 8.22. The second-order valence-corrected chi connectivity index (χ2v) is 8.92. The van der Waals surface area contributed by atoms with Gasteiger partial charge in [0.2, 0.25) is 5.91 Å². The molecule has 0 radical (unpaired) electrons. The Labute approximate surface area is 195 Å².